The van der Waals surface area contributed by atoms with Gasteiger partial charge >= 0.3 is 0 Å². The molecule has 0 aliphatic carbocycles. The van der Waals surface area contributed by atoms with Gasteiger partial charge in [0.25, 0.3) is 0 Å². The molecule has 1 amide bonds. The number of rotatable bonds is 55. The Kier molecular flexibility index (Phi) is 49.9. The van der Waals surface area contributed by atoms with Crippen molar-refractivity contribution in [1.29, 1.82) is 0 Å². The van der Waals surface area contributed by atoms with Gasteiger partial charge in [-0.2, -0.15) is 0 Å². The number of amides is 1. The second-order valence-corrected chi connectivity index (χ2v) is 22.5. The van der Waals surface area contributed by atoms with Crippen molar-refractivity contribution in [3.63, 3.8) is 0 Å². The quantitative estimate of drug-likeness (QED) is 0.0215. The lowest BCUT2D eigenvalue weighted by Gasteiger charge is -2.40. The van der Waals surface area contributed by atoms with Gasteiger partial charge in [0.1, 0.15) is 36.6 Å². The first-order chi connectivity index (χ1) is 36.2. The van der Waals surface area contributed by atoms with Gasteiger partial charge in [0, 0.05) is 0 Å². The van der Waals surface area contributed by atoms with Crippen molar-refractivity contribution in [3.8, 4) is 0 Å². The smallest absolute Gasteiger partial charge is 0.249 e. The lowest BCUT2D eigenvalue weighted by atomic mass is 9.98. The summed E-state index contributed by atoms with van der Waals surface area (Å²) in [5, 5.41) is 76.3. The molecular formula is C63H121NO10. The third-order valence-electron chi connectivity index (χ3n) is 15.5. The fourth-order valence-corrected chi connectivity index (χ4v) is 10.3. The standard InChI is InChI=1S/C63H121NO10/c1-3-5-7-9-11-13-15-17-19-21-23-25-26-27-28-29-30-31-33-34-36-38-40-42-44-46-48-50-55(66)58(68)54(53-73-63-61(71)60(70)59(69)57(52-65)74-63)64-62(72)56(67)51-49-47-45-43-41-39-37-35-32-24-22-20-18-16-14-12-10-8-6-4-2/h32,35,42,44,54-61,63,65-71H,3-31,33-34,36-41,43,45-53H2,1-2H3,(H,64,72)/b35-32-,44-42+. The van der Waals surface area contributed by atoms with Crippen LogP contribution in [-0.4, -0.2) is 110 Å². The number of allylic oxidation sites excluding steroid dienone is 4. The van der Waals surface area contributed by atoms with Crippen LogP contribution in [0.1, 0.15) is 303 Å². The van der Waals surface area contributed by atoms with Crippen LogP contribution in [0.2, 0.25) is 0 Å². The molecule has 8 N–H and O–H groups in total. The summed E-state index contributed by atoms with van der Waals surface area (Å²) in [6, 6.07) is -1.19. The van der Waals surface area contributed by atoms with Crippen molar-refractivity contribution in [1.82, 2.24) is 5.32 Å². The summed E-state index contributed by atoms with van der Waals surface area (Å²) in [6.45, 7) is 3.48. The van der Waals surface area contributed by atoms with Crippen LogP contribution in [0.25, 0.3) is 0 Å². The molecule has 74 heavy (non-hydrogen) atoms. The summed E-state index contributed by atoms with van der Waals surface area (Å²) in [5.41, 5.74) is 0. The largest absolute Gasteiger partial charge is 0.394 e. The highest BCUT2D eigenvalue weighted by molar-refractivity contribution is 5.80. The number of unbranched alkanes of at least 4 members (excludes halogenated alkanes) is 39. The number of carbonyl (C=O) groups excluding carboxylic acids is 1. The van der Waals surface area contributed by atoms with Gasteiger partial charge in [-0.1, -0.05) is 263 Å². The Bertz CT molecular complexity index is 1250. The fraction of sp³-hybridized carbons (Fsp3) is 0.921. The minimum Gasteiger partial charge on any atom is -0.394 e. The predicted molar refractivity (Wildman–Crippen MR) is 307 cm³/mol. The van der Waals surface area contributed by atoms with E-state index in [1.807, 2.05) is 0 Å². The van der Waals surface area contributed by atoms with Crippen LogP contribution in [0.15, 0.2) is 24.3 Å². The van der Waals surface area contributed by atoms with Crippen LogP contribution < -0.4 is 5.32 Å². The van der Waals surface area contributed by atoms with E-state index >= 15 is 0 Å². The van der Waals surface area contributed by atoms with Gasteiger partial charge in [-0.3, -0.25) is 4.79 Å². The van der Waals surface area contributed by atoms with Gasteiger partial charge in [-0.25, -0.2) is 0 Å². The molecule has 0 aromatic heterocycles. The lowest BCUT2D eigenvalue weighted by molar-refractivity contribution is -0.303. The van der Waals surface area contributed by atoms with Crippen molar-refractivity contribution < 1.29 is 50.0 Å². The molecule has 0 radical (unpaired) electrons. The van der Waals surface area contributed by atoms with Crippen LogP contribution in [0, 0.1) is 0 Å². The topological polar surface area (TPSA) is 189 Å². The zero-order valence-electron chi connectivity index (χ0n) is 48.1. The molecular weight excluding hydrogens is 931 g/mol. The minimum atomic E-state index is -1.67. The molecule has 11 heteroatoms. The molecule has 0 bridgehead atoms. The lowest BCUT2D eigenvalue weighted by Crippen LogP contribution is -2.60. The fourth-order valence-electron chi connectivity index (χ4n) is 10.3. The van der Waals surface area contributed by atoms with Gasteiger partial charge in [0.15, 0.2) is 6.29 Å². The molecule has 0 spiro atoms. The maximum absolute atomic E-state index is 13.2. The van der Waals surface area contributed by atoms with Crippen LogP contribution in [0.3, 0.4) is 0 Å². The first kappa shape index (κ1) is 70.6. The summed E-state index contributed by atoms with van der Waals surface area (Å²) in [4.78, 5) is 13.2. The Morgan fingerprint density at radius 3 is 1.16 bits per heavy atom. The first-order valence-electron chi connectivity index (χ1n) is 31.7. The van der Waals surface area contributed by atoms with Crippen LogP contribution in [0.4, 0.5) is 0 Å². The summed E-state index contributed by atoms with van der Waals surface area (Å²) in [5.74, 6) is -0.707. The molecule has 11 nitrogen and oxygen atoms in total. The van der Waals surface area contributed by atoms with E-state index in [-0.39, 0.29) is 12.8 Å². The Balaban J connectivity index is 2.27. The Morgan fingerprint density at radius 1 is 0.459 bits per heavy atom. The average Bonchev–Trinajstić information content (AvgIpc) is 3.40. The van der Waals surface area contributed by atoms with E-state index in [9.17, 15) is 40.5 Å². The molecule has 1 fully saturated rings. The third kappa shape index (κ3) is 39.9. The molecule has 438 valence electrons. The van der Waals surface area contributed by atoms with E-state index in [1.165, 1.54) is 205 Å². The summed E-state index contributed by atoms with van der Waals surface area (Å²) >= 11 is 0. The van der Waals surface area contributed by atoms with Crippen LogP contribution >= 0.6 is 0 Å². The summed E-state index contributed by atoms with van der Waals surface area (Å²) < 4.78 is 11.2. The molecule has 1 aliphatic heterocycles. The number of hydrogen-bond acceptors (Lipinski definition) is 10. The van der Waals surface area contributed by atoms with Crippen molar-refractivity contribution in [2.75, 3.05) is 13.2 Å². The van der Waals surface area contributed by atoms with Gasteiger partial charge in [0.05, 0.1) is 25.4 Å². The van der Waals surface area contributed by atoms with E-state index in [1.54, 1.807) is 0 Å². The highest BCUT2D eigenvalue weighted by Crippen LogP contribution is 2.24. The zero-order valence-corrected chi connectivity index (χ0v) is 48.1. The van der Waals surface area contributed by atoms with E-state index < -0.39 is 74.2 Å². The molecule has 0 saturated carbocycles. The predicted octanol–water partition coefficient (Wildman–Crippen LogP) is 14.1. The van der Waals surface area contributed by atoms with Crippen LogP contribution in [0.5, 0.6) is 0 Å². The number of aliphatic hydroxyl groups is 7. The molecule has 1 aliphatic rings. The van der Waals surface area contributed by atoms with Crippen molar-refractivity contribution in [2.45, 2.75) is 358 Å². The number of nitrogens with one attached hydrogen (secondary N) is 1. The minimum absolute atomic E-state index is 0.248. The number of carbonyl (C=O) groups is 1. The highest BCUT2D eigenvalue weighted by atomic mass is 16.7. The van der Waals surface area contributed by atoms with Gasteiger partial charge in [-0.15, -0.1) is 0 Å². The van der Waals surface area contributed by atoms with E-state index in [0.29, 0.717) is 12.8 Å². The SMILES string of the molecule is CCCCCCCCCCCC/C=C\CCCCCCCCC(O)C(=O)NC(COC1OC(CO)C(O)C(O)C1O)C(O)C(O)CCC/C=C/CCCCCCCCCCCCCCCCCCCCCCCC. The third-order valence-corrected chi connectivity index (χ3v) is 15.5. The highest BCUT2D eigenvalue weighted by Gasteiger charge is 2.44. The van der Waals surface area contributed by atoms with Crippen molar-refractivity contribution >= 4 is 5.91 Å². The summed E-state index contributed by atoms with van der Waals surface area (Å²) in [7, 11) is 0. The molecule has 0 aromatic carbocycles. The Labute approximate surface area is 454 Å². The number of aliphatic hydroxyl groups excluding tert-OH is 7. The molecule has 1 rings (SSSR count). The van der Waals surface area contributed by atoms with E-state index in [0.717, 1.165) is 57.8 Å². The Morgan fingerprint density at radius 2 is 0.797 bits per heavy atom. The second-order valence-electron chi connectivity index (χ2n) is 22.5. The average molecular weight is 1050 g/mol. The van der Waals surface area contributed by atoms with E-state index in [4.69, 9.17) is 9.47 Å². The van der Waals surface area contributed by atoms with Crippen molar-refractivity contribution in [2.24, 2.45) is 0 Å². The molecule has 9 atom stereocenters. The summed E-state index contributed by atoms with van der Waals surface area (Å²) in [6.07, 6.45) is 52.5. The van der Waals surface area contributed by atoms with Gasteiger partial charge in [-0.05, 0) is 64.2 Å². The second kappa shape index (κ2) is 52.3. The Hall–Kier alpha value is -1.41. The normalized spacial score (nSPS) is 19.9. The molecule has 9 unspecified atom stereocenters. The molecule has 1 saturated heterocycles. The molecule has 0 aromatic rings. The number of ether oxygens (including phenoxy) is 2. The van der Waals surface area contributed by atoms with Gasteiger partial charge < -0.3 is 50.5 Å². The van der Waals surface area contributed by atoms with Crippen LogP contribution in [-0.2, 0) is 14.3 Å². The number of hydrogen-bond donors (Lipinski definition) is 8. The molecule has 1 heterocycles. The van der Waals surface area contributed by atoms with Gasteiger partial charge in [0.2, 0.25) is 5.91 Å². The first-order valence-corrected chi connectivity index (χ1v) is 31.7. The van der Waals surface area contributed by atoms with Crippen molar-refractivity contribution in [3.05, 3.63) is 24.3 Å². The maximum Gasteiger partial charge on any atom is 0.249 e. The maximum atomic E-state index is 13.2. The monoisotopic (exact) mass is 1050 g/mol. The van der Waals surface area contributed by atoms with E-state index in [2.05, 4.69) is 43.5 Å². The zero-order chi connectivity index (χ0) is 54.0.